The molecule has 1 N–H and O–H groups in total. The average molecular weight is 404 g/mol. The van der Waals surface area contributed by atoms with Gasteiger partial charge in [-0.1, -0.05) is 15.9 Å². The van der Waals surface area contributed by atoms with E-state index in [2.05, 4.69) is 37.2 Å². The lowest BCUT2D eigenvalue weighted by Gasteiger charge is -2.29. The van der Waals surface area contributed by atoms with Crippen LogP contribution in [0.5, 0.6) is 0 Å². The highest BCUT2D eigenvalue weighted by molar-refractivity contribution is 9.11. The quantitative estimate of drug-likeness (QED) is 0.831. The second-order valence-electron chi connectivity index (χ2n) is 5.18. The molecule has 1 unspecified atom stereocenters. The van der Waals surface area contributed by atoms with Crippen molar-refractivity contribution < 1.29 is 4.79 Å². The zero-order valence-corrected chi connectivity index (χ0v) is 14.8. The zero-order chi connectivity index (χ0) is 14.5. The summed E-state index contributed by atoms with van der Waals surface area (Å²) in [6.45, 7) is 5.74. The highest BCUT2D eigenvalue weighted by Gasteiger charge is 2.22. The number of benzene rings is 1. The third kappa shape index (κ3) is 4.06. The van der Waals surface area contributed by atoms with E-state index in [1.165, 1.54) is 12.8 Å². The molecule has 1 atom stereocenters. The Morgan fingerprint density at radius 2 is 2.25 bits per heavy atom. The second kappa shape index (κ2) is 7.57. The molecule has 0 saturated carbocycles. The van der Waals surface area contributed by atoms with Crippen molar-refractivity contribution in [2.45, 2.75) is 19.8 Å². The molecule has 1 aromatic carbocycles. The normalized spacial score (nSPS) is 18.9. The highest BCUT2D eigenvalue weighted by Crippen LogP contribution is 2.23. The van der Waals surface area contributed by atoms with Crippen LogP contribution in [0.3, 0.4) is 0 Å². The minimum Gasteiger partial charge on any atom is -0.339 e. The van der Waals surface area contributed by atoms with E-state index >= 15 is 0 Å². The second-order valence-corrected chi connectivity index (χ2v) is 6.95. The van der Waals surface area contributed by atoms with E-state index in [0.29, 0.717) is 5.92 Å². The molecular weight excluding hydrogens is 384 g/mol. The topological polar surface area (TPSA) is 32.3 Å². The number of hydrogen-bond donors (Lipinski definition) is 1. The summed E-state index contributed by atoms with van der Waals surface area (Å²) in [6, 6.07) is 5.73. The first-order valence-electron chi connectivity index (χ1n) is 7.07. The van der Waals surface area contributed by atoms with Crippen molar-refractivity contribution in [3.8, 4) is 0 Å². The number of halogens is 2. The predicted molar refractivity (Wildman–Crippen MR) is 89.0 cm³/mol. The van der Waals surface area contributed by atoms with Gasteiger partial charge in [-0.3, -0.25) is 4.79 Å². The SMILES string of the molecule is CCN(CC1CCCNC1)C(=O)c1cc(Br)ccc1Br. The minimum atomic E-state index is 0.103. The van der Waals surface area contributed by atoms with Crippen molar-refractivity contribution in [1.82, 2.24) is 10.2 Å². The summed E-state index contributed by atoms with van der Waals surface area (Å²) in [6.07, 6.45) is 2.41. The summed E-state index contributed by atoms with van der Waals surface area (Å²) < 4.78 is 1.78. The van der Waals surface area contributed by atoms with Crippen LogP contribution in [-0.4, -0.2) is 37.0 Å². The van der Waals surface area contributed by atoms with E-state index in [1.54, 1.807) is 0 Å². The number of carbonyl (C=O) groups is 1. The van der Waals surface area contributed by atoms with Crippen LogP contribution in [0.25, 0.3) is 0 Å². The number of hydrogen-bond acceptors (Lipinski definition) is 2. The van der Waals surface area contributed by atoms with Gasteiger partial charge in [0, 0.05) is 22.0 Å². The van der Waals surface area contributed by atoms with E-state index in [1.807, 2.05) is 30.0 Å². The lowest BCUT2D eigenvalue weighted by molar-refractivity contribution is 0.0728. The van der Waals surface area contributed by atoms with Crippen LogP contribution in [0.4, 0.5) is 0 Å². The molecular formula is C15H20Br2N2O. The van der Waals surface area contributed by atoms with Gasteiger partial charge < -0.3 is 10.2 Å². The molecule has 1 aliphatic rings. The number of rotatable bonds is 4. The zero-order valence-electron chi connectivity index (χ0n) is 11.7. The van der Waals surface area contributed by atoms with Gasteiger partial charge in [-0.15, -0.1) is 0 Å². The van der Waals surface area contributed by atoms with Crippen molar-refractivity contribution >= 4 is 37.8 Å². The number of amides is 1. The molecule has 20 heavy (non-hydrogen) atoms. The van der Waals surface area contributed by atoms with Crippen molar-refractivity contribution in [2.75, 3.05) is 26.2 Å². The monoisotopic (exact) mass is 402 g/mol. The van der Waals surface area contributed by atoms with Crippen LogP contribution in [-0.2, 0) is 0 Å². The van der Waals surface area contributed by atoms with E-state index < -0.39 is 0 Å². The lowest BCUT2D eigenvalue weighted by atomic mass is 9.99. The molecule has 1 heterocycles. The molecule has 1 amide bonds. The smallest absolute Gasteiger partial charge is 0.255 e. The van der Waals surface area contributed by atoms with Gasteiger partial charge in [-0.05, 0) is 72.9 Å². The first-order chi connectivity index (χ1) is 9.61. The van der Waals surface area contributed by atoms with Gasteiger partial charge in [-0.25, -0.2) is 0 Å². The van der Waals surface area contributed by atoms with Gasteiger partial charge in [0.25, 0.3) is 5.91 Å². The molecule has 3 nitrogen and oxygen atoms in total. The molecule has 1 saturated heterocycles. The number of nitrogens with one attached hydrogen (secondary N) is 1. The first kappa shape index (κ1) is 16.0. The van der Waals surface area contributed by atoms with E-state index in [9.17, 15) is 4.79 Å². The number of carbonyl (C=O) groups excluding carboxylic acids is 1. The molecule has 0 bridgehead atoms. The van der Waals surface area contributed by atoms with Gasteiger partial charge in [0.15, 0.2) is 0 Å². The van der Waals surface area contributed by atoms with Gasteiger partial charge in [0.2, 0.25) is 0 Å². The molecule has 0 aliphatic carbocycles. The molecule has 2 rings (SSSR count). The molecule has 110 valence electrons. The Bertz CT molecular complexity index is 473. The van der Waals surface area contributed by atoms with Crippen LogP contribution < -0.4 is 5.32 Å². The first-order valence-corrected chi connectivity index (χ1v) is 8.65. The van der Waals surface area contributed by atoms with Crippen LogP contribution >= 0.6 is 31.9 Å². The fraction of sp³-hybridized carbons (Fsp3) is 0.533. The standard InChI is InChI=1S/C15H20Br2N2O/c1-2-19(10-11-4-3-7-18-9-11)15(20)13-8-12(16)5-6-14(13)17/h5-6,8,11,18H,2-4,7,9-10H2,1H3. The van der Waals surface area contributed by atoms with E-state index in [4.69, 9.17) is 0 Å². The minimum absolute atomic E-state index is 0.103. The Labute approximate surface area is 137 Å². The largest absolute Gasteiger partial charge is 0.339 e. The molecule has 5 heteroatoms. The number of nitrogens with zero attached hydrogens (tertiary/aromatic N) is 1. The summed E-state index contributed by atoms with van der Waals surface area (Å²) in [4.78, 5) is 14.6. The van der Waals surface area contributed by atoms with Gasteiger partial charge in [-0.2, -0.15) is 0 Å². The Hall–Kier alpha value is -0.390. The lowest BCUT2D eigenvalue weighted by Crippen LogP contribution is -2.41. The third-order valence-electron chi connectivity index (χ3n) is 3.71. The Morgan fingerprint density at radius 1 is 1.45 bits per heavy atom. The molecule has 0 radical (unpaired) electrons. The fourth-order valence-electron chi connectivity index (χ4n) is 2.58. The van der Waals surface area contributed by atoms with Gasteiger partial charge >= 0.3 is 0 Å². The number of piperidine rings is 1. The van der Waals surface area contributed by atoms with Crippen LogP contribution in [0, 0.1) is 5.92 Å². The molecule has 0 aromatic heterocycles. The molecule has 1 aliphatic heterocycles. The van der Waals surface area contributed by atoms with Crippen molar-refractivity contribution in [1.29, 1.82) is 0 Å². The van der Waals surface area contributed by atoms with Crippen LogP contribution in [0.15, 0.2) is 27.1 Å². The highest BCUT2D eigenvalue weighted by atomic mass is 79.9. The summed E-state index contributed by atoms with van der Waals surface area (Å²) in [5, 5.41) is 3.41. The molecule has 0 spiro atoms. The Morgan fingerprint density at radius 3 is 2.90 bits per heavy atom. The van der Waals surface area contributed by atoms with Crippen LogP contribution in [0.2, 0.25) is 0 Å². The fourth-order valence-corrected chi connectivity index (χ4v) is 3.36. The summed E-state index contributed by atoms with van der Waals surface area (Å²) in [5.74, 6) is 0.671. The van der Waals surface area contributed by atoms with E-state index in [-0.39, 0.29) is 5.91 Å². The Kier molecular flexibility index (Phi) is 6.05. The Balaban J connectivity index is 2.09. The van der Waals surface area contributed by atoms with E-state index in [0.717, 1.165) is 40.7 Å². The summed E-state index contributed by atoms with van der Waals surface area (Å²) >= 11 is 6.91. The summed E-state index contributed by atoms with van der Waals surface area (Å²) in [5.41, 5.74) is 0.727. The van der Waals surface area contributed by atoms with Crippen molar-refractivity contribution in [3.05, 3.63) is 32.7 Å². The van der Waals surface area contributed by atoms with Crippen LogP contribution in [0.1, 0.15) is 30.1 Å². The van der Waals surface area contributed by atoms with Crippen molar-refractivity contribution in [2.24, 2.45) is 5.92 Å². The average Bonchev–Trinajstić information content (AvgIpc) is 2.47. The van der Waals surface area contributed by atoms with Crippen molar-refractivity contribution in [3.63, 3.8) is 0 Å². The predicted octanol–water partition coefficient (Wildman–Crippen LogP) is 3.67. The van der Waals surface area contributed by atoms with Gasteiger partial charge in [0.1, 0.15) is 0 Å². The van der Waals surface area contributed by atoms with Gasteiger partial charge in [0.05, 0.1) is 5.56 Å². The maximum atomic E-state index is 12.7. The molecule has 1 fully saturated rings. The third-order valence-corrected chi connectivity index (χ3v) is 4.89. The maximum absolute atomic E-state index is 12.7. The molecule has 1 aromatic rings. The maximum Gasteiger partial charge on any atom is 0.255 e. The summed E-state index contributed by atoms with van der Waals surface area (Å²) in [7, 11) is 0.